The van der Waals surface area contributed by atoms with Crippen LogP contribution in [0.2, 0.25) is 0 Å². The van der Waals surface area contributed by atoms with E-state index in [1.807, 2.05) is 84.9 Å². The van der Waals surface area contributed by atoms with E-state index >= 15 is 0 Å². The second kappa shape index (κ2) is 7.28. The highest BCUT2D eigenvalue weighted by atomic mass is 16.5. The lowest BCUT2D eigenvalue weighted by Gasteiger charge is -2.17. The van der Waals surface area contributed by atoms with Gasteiger partial charge in [0.25, 0.3) is 0 Å². The third kappa shape index (κ3) is 3.38. The average molecular weight is 382 g/mol. The predicted octanol–water partition coefficient (Wildman–Crippen LogP) is 5.02. The summed E-state index contributed by atoms with van der Waals surface area (Å²) in [7, 11) is 0. The molecule has 0 saturated heterocycles. The Balaban J connectivity index is 1.46. The molecule has 0 saturated carbocycles. The summed E-state index contributed by atoms with van der Waals surface area (Å²) in [6.07, 6.45) is 0.126. The Morgan fingerprint density at radius 2 is 1.62 bits per heavy atom. The average Bonchev–Trinajstić information content (AvgIpc) is 3.37. The molecule has 1 amide bonds. The number of rotatable bonds is 5. The van der Waals surface area contributed by atoms with Gasteiger partial charge in [0.05, 0.1) is 6.42 Å². The molecule has 0 aliphatic carbocycles. The number of nitrogens with one attached hydrogen (secondary N) is 1. The molecule has 0 aliphatic heterocycles. The van der Waals surface area contributed by atoms with Crippen LogP contribution in [-0.2, 0) is 11.2 Å². The van der Waals surface area contributed by atoms with Gasteiger partial charge in [0.2, 0.25) is 5.91 Å². The van der Waals surface area contributed by atoms with Crippen LogP contribution >= 0.6 is 0 Å². The minimum Gasteiger partial charge on any atom is -0.459 e. The van der Waals surface area contributed by atoms with E-state index in [1.54, 1.807) is 0 Å². The second-order valence-corrected chi connectivity index (χ2v) is 6.90. The van der Waals surface area contributed by atoms with Gasteiger partial charge in [0, 0.05) is 10.8 Å². The molecule has 2 aromatic heterocycles. The number of aromatic nitrogens is 1. The van der Waals surface area contributed by atoms with E-state index in [4.69, 9.17) is 8.94 Å². The molecule has 0 radical (unpaired) electrons. The largest absolute Gasteiger partial charge is 0.459 e. The lowest BCUT2D eigenvalue weighted by molar-refractivity contribution is -0.121. The van der Waals surface area contributed by atoms with Crippen molar-refractivity contribution < 1.29 is 13.7 Å². The van der Waals surface area contributed by atoms with E-state index in [0.29, 0.717) is 17.0 Å². The van der Waals surface area contributed by atoms with Crippen molar-refractivity contribution in [3.8, 4) is 0 Å². The topological polar surface area (TPSA) is 68.3 Å². The molecular weight excluding hydrogens is 364 g/mol. The maximum atomic E-state index is 12.9. The van der Waals surface area contributed by atoms with Crippen LogP contribution in [0.5, 0.6) is 0 Å². The number of furan rings is 1. The van der Waals surface area contributed by atoms with Crippen LogP contribution in [0.15, 0.2) is 93.9 Å². The summed E-state index contributed by atoms with van der Waals surface area (Å²) in [5, 5.41) is 9.01. The van der Waals surface area contributed by atoms with Crippen LogP contribution < -0.4 is 5.32 Å². The molecule has 3 aromatic carbocycles. The molecule has 1 N–H and O–H groups in total. The molecule has 0 unspecified atom stereocenters. The molecule has 5 rings (SSSR count). The third-order valence-electron chi connectivity index (χ3n) is 4.95. The molecule has 5 heteroatoms. The second-order valence-electron chi connectivity index (χ2n) is 6.90. The maximum absolute atomic E-state index is 12.9. The van der Waals surface area contributed by atoms with Crippen molar-refractivity contribution >= 4 is 27.8 Å². The number of carbonyl (C=O) groups excluding carboxylic acids is 1. The zero-order valence-corrected chi connectivity index (χ0v) is 15.5. The fourth-order valence-corrected chi connectivity index (χ4v) is 3.54. The van der Waals surface area contributed by atoms with Gasteiger partial charge >= 0.3 is 0 Å². The summed E-state index contributed by atoms with van der Waals surface area (Å²) in [6, 6.07) is 26.7. The SMILES string of the molecule is O=C(Cc1noc2ccccc12)N[C@@H](c1ccccc1)c1cc2ccccc2o1. The Morgan fingerprint density at radius 3 is 2.45 bits per heavy atom. The van der Waals surface area contributed by atoms with Gasteiger partial charge in [-0.15, -0.1) is 0 Å². The Bertz CT molecular complexity index is 1250. The van der Waals surface area contributed by atoms with E-state index in [2.05, 4.69) is 10.5 Å². The van der Waals surface area contributed by atoms with E-state index in [1.165, 1.54) is 0 Å². The predicted molar refractivity (Wildman–Crippen MR) is 110 cm³/mol. The van der Waals surface area contributed by atoms with E-state index in [-0.39, 0.29) is 12.3 Å². The molecule has 0 aliphatic rings. The first-order valence-electron chi connectivity index (χ1n) is 9.44. The van der Waals surface area contributed by atoms with Gasteiger partial charge in [0.15, 0.2) is 5.58 Å². The van der Waals surface area contributed by atoms with E-state index < -0.39 is 6.04 Å². The Labute approximate surface area is 166 Å². The highest BCUT2D eigenvalue weighted by Crippen LogP contribution is 2.28. The van der Waals surface area contributed by atoms with Gasteiger partial charge in [-0.3, -0.25) is 4.79 Å². The highest BCUT2D eigenvalue weighted by Gasteiger charge is 2.22. The van der Waals surface area contributed by atoms with Crippen LogP contribution in [0.25, 0.3) is 21.9 Å². The summed E-state index contributed by atoms with van der Waals surface area (Å²) in [5.41, 5.74) is 3.03. The standard InChI is InChI=1S/C24H18N2O3/c27-23(15-19-18-11-5-7-13-21(18)29-26-19)25-24(16-8-2-1-3-9-16)22-14-17-10-4-6-12-20(17)28-22/h1-14,24H,15H2,(H,25,27)/t24-/m0/s1. The van der Waals surface area contributed by atoms with Crippen molar-refractivity contribution in [1.29, 1.82) is 0 Å². The quantitative estimate of drug-likeness (QED) is 0.463. The van der Waals surface area contributed by atoms with Crippen LogP contribution in [-0.4, -0.2) is 11.1 Å². The minimum absolute atomic E-state index is 0.126. The lowest BCUT2D eigenvalue weighted by Crippen LogP contribution is -2.30. The van der Waals surface area contributed by atoms with Gasteiger partial charge in [0.1, 0.15) is 23.1 Å². The van der Waals surface area contributed by atoms with Crippen molar-refractivity contribution in [2.45, 2.75) is 12.5 Å². The van der Waals surface area contributed by atoms with Crippen molar-refractivity contribution in [3.05, 3.63) is 102 Å². The molecule has 142 valence electrons. The summed E-state index contributed by atoms with van der Waals surface area (Å²) in [5.74, 6) is 0.536. The fraction of sp³-hybridized carbons (Fsp3) is 0.0833. The first kappa shape index (κ1) is 17.3. The van der Waals surface area contributed by atoms with Crippen molar-refractivity contribution in [1.82, 2.24) is 10.5 Å². The van der Waals surface area contributed by atoms with Crippen molar-refractivity contribution in [2.24, 2.45) is 0 Å². The van der Waals surface area contributed by atoms with Crippen molar-refractivity contribution in [2.75, 3.05) is 0 Å². The van der Waals surface area contributed by atoms with Gasteiger partial charge in [-0.2, -0.15) is 0 Å². The molecule has 5 nitrogen and oxygen atoms in total. The highest BCUT2D eigenvalue weighted by molar-refractivity contribution is 5.86. The first-order valence-corrected chi connectivity index (χ1v) is 9.44. The molecule has 1 atom stereocenters. The summed E-state index contributed by atoms with van der Waals surface area (Å²) < 4.78 is 11.4. The Hall–Kier alpha value is -3.86. The van der Waals surface area contributed by atoms with Gasteiger partial charge in [-0.05, 0) is 29.8 Å². The monoisotopic (exact) mass is 382 g/mol. The molecule has 0 fully saturated rings. The van der Waals surface area contributed by atoms with Crippen LogP contribution in [0.1, 0.15) is 23.1 Å². The molecule has 0 spiro atoms. The smallest absolute Gasteiger partial charge is 0.227 e. The van der Waals surface area contributed by atoms with E-state index in [0.717, 1.165) is 21.9 Å². The molecule has 0 bridgehead atoms. The number of fused-ring (bicyclic) bond motifs is 2. The van der Waals surface area contributed by atoms with Gasteiger partial charge in [-0.25, -0.2) is 0 Å². The lowest BCUT2D eigenvalue weighted by atomic mass is 10.0. The number of hydrogen-bond acceptors (Lipinski definition) is 4. The maximum Gasteiger partial charge on any atom is 0.227 e. The number of carbonyl (C=O) groups is 1. The van der Waals surface area contributed by atoms with Crippen LogP contribution in [0, 0.1) is 0 Å². The van der Waals surface area contributed by atoms with Gasteiger partial charge < -0.3 is 14.3 Å². The number of hydrogen-bond donors (Lipinski definition) is 1. The normalized spacial score (nSPS) is 12.3. The molecule has 29 heavy (non-hydrogen) atoms. The summed E-state index contributed by atoms with van der Waals surface area (Å²) in [4.78, 5) is 12.9. The zero-order valence-electron chi connectivity index (χ0n) is 15.5. The number of benzene rings is 3. The van der Waals surface area contributed by atoms with Crippen LogP contribution in [0.4, 0.5) is 0 Å². The molecular formula is C24H18N2O3. The Kier molecular flexibility index (Phi) is 4.33. The minimum atomic E-state index is -0.394. The summed E-state index contributed by atoms with van der Waals surface area (Å²) >= 11 is 0. The fourth-order valence-electron chi connectivity index (χ4n) is 3.54. The number of para-hydroxylation sites is 2. The summed E-state index contributed by atoms with van der Waals surface area (Å²) in [6.45, 7) is 0. The van der Waals surface area contributed by atoms with Gasteiger partial charge in [-0.1, -0.05) is 65.8 Å². The molecule has 2 heterocycles. The Morgan fingerprint density at radius 1 is 0.897 bits per heavy atom. The molecule has 5 aromatic rings. The number of nitrogens with zero attached hydrogens (tertiary/aromatic N) is 1. The van der Waals surface area contributed by atoms with Crippen molar-refractivity contribution in [3.63, 3.8) is 0 Å². The third-order valence-corrected chi connectivity index (χ3v) is 4.95. The van der Waals surface area contributed by atoms with Crippen LogP contribution in [0.3, 0.4) is 0 Å². The first-order chi connectivity index (χ1) is 14.3. The number of amides is 1. The zero-order chi connectivity index (χ0) is 19.6. The van der Waals surface area contributed by atoms with E-state index in [9.17, 15) is 4.79 Å².